The van der Waals surface area contributed by atoms with E-state index < -0.39 is 11.5 Å². The first-order chi connectivity index (χ1) is 8.72. The fourth-order valence-corrected chi connectivity index (χ4v) is 2.88. The van der Waals surface area contributed by atoms with Crippen LogP contribution in [0.1, 0.15) is 56.3 Å². The molecule has 1 N–H and O–H groups in total. The average Bonchev–Trinajstić information content (AvgIpc) is 2.47. The van der Waals surface area contributed by atoms with E-state index in [-0.39, 0.29) is 0 Å². The summed E-state index contributed by atoms with van der Waals surface area (Å²) in [5.74, 6) is 0. The zero-order chi connectivity index (χ0) is 13.0. The van der Waals surface area contributed by atoms with Crippen LogP contribution in [0.2, 0.25) is 0 Å². The lowest BCUT2D eigenvalue weighted by molar-refractivity contribution is 0.0360. The van der Waals surface area contributed by atoms with E-state index in [0.29, 0.717) is 0 Å². The second kappa shape index (κ2) is 5.54. The van der Waals surface area contributed by atoms with Crippen LogP contribution in [0.25, 0.3) is 0 Å². The smallest absolute Gasteiger partial charge is 0.0976 e. The molecule has 2 heteroatoms. The number of aryl methyl sites for hydroxylation is 1. The lowest BCUT2D eigenvalue weighted by Gasteiger charge is -2.35. The third-order valence-electron chi connectivity index (χ3n) is 4.20. The van der Waals surface area contributed by atoms with Gasteiger partial charge in [0.2, 0.25) is 0 Å². The molecule has 2 nitrogen and oxygen atoms in total. The Morgan fingerprint density at radius 1 is 1.22 bits per heavy atom. The van der Waals surface area contributed by atoms with Gasteiger partial charge in [-0.3, -0.25) is 0 Å². The number of rotatable bonds is 3. The first kappa shape index (κ1) is 13.1. The van der Waals surface area contributed by atoms with Crippen molar-refractivity contribution in [1.29, 1.82) is 5.26 Å². The Kier molecular flexibility index (Phi) is 4.04. The van der Waals surface area contributed by atoms with Crippen molar-refractivity contribution in [2.75, 3.05) is 0 Å². The molecule has 0 radical (unpaired) electrons. The van der Waals surface area contributed by atoms with E-state index in [2.05, 4.69) is 13.0 Å². The normalized spacial score (nSPS) is 20.1. The molecular formula is C16H21NO. The molecule has 0 aromatic heterocycles. The molecule has 2 rings (SSSR count). The van der Waals surface area contributed by atoms with Gasteiger partial charge in [0.25, 0.3) is 0 Å². The minimum atomic E-state index is -0.645. The highest BCUT2D eigenvalue weighted by molar-refractivity contribution is 5.27. The molecule has 1 aromatic rings. The lowest BCUT2D eigenvalue weighted by Crippen LogP contribution is -2.30. The van der Waals surface area contributed by atoms with Crippen LogP contribution in [0.3, 0.4) is 0 Å². The minimum Gasteiger partial charge on any atom is -0.387 e. The Morgan fingerprint density at radius 2 is 1.83 bits per heavy atom. The van der Waals surface area contributed by atoms with Gasteiger partial charge in [0.05, 0.1) is 17.6 Å². The number of aliphatic hydroxyl groups is 1. The number of nitriles is 1. The predicted octanol–water partition coefficient (Wildman–Crippen LogP) is 3.76. The summed E-state index contributed by atoms with van der Waals surface area (Å²) < 4.78 is 0. The summed E-state index contributed by atoms with van der Waals surface area (Å²) in [6, 6.07) is 10.4. The maximum Gasteiger partial charge on any atom is 0.0976 e. The van der Waals surface area contributed by atoms with Crippen molar-refractivity contribution in [3.8, 4) is 6.07 Å². The van der Waals surface area contributed by atoms with Crippen LogP contribution in [-0.2, 0) is 6.42 Å². The third kappa shape index (κ3) is 2.42. The molecule has 1 atom stereocenters. The highest BCUT2D eigenvalue weighted by atomic mass is 16.3. The van der Waals surface area contributed by atoms with E-state index in [0.717, 1.165) is 37.7 Å². The number of hydrogen-bond acceptors (Lipinski definition) is 2. The number of aliphatic hydroxyl groups excluding tert-OH is 1. The van der Waals surface area contributed by atoms with Gasteiger partial charge in [-0.2, -0.15) is 5.26 Å². The molecule has 0 bridgehead atoms. The lowest BCUT2D eigenvalue weighted by atomic mass is 9.69. The molecule has 0 amide bonds. The maximum atomic E-state index is 10.5. The molecular weight excluding hydrogens is 222 g/mol. The first-order valence-corrected chi connectivity index (χ1v) is 6.90. The van der Waals surface area contributed by atoms with Gasteiger partial charge in [0, 0.05) is 0 Å². The Morgan fingerprint density at radius 3 is 2.33 bits per heavy atom. The van der Waals surface area contributed by atoms with Gasteiger partial charge in [-0.25, -0.2) is 0 Å². The molecule has 1 fully saturated rings. The van der Waals surface area contributed by atoms with E-state index in [1.54, 1.807) is 0 Å². The summed E-state index contributed by atoms with van der Waals surface area (Å²) in [5.41, 5.74) is 1.59. The average molecular weight is 243 g/mol. The standard InChI is InChI=1S/C16H21NO/c1-2-13-6-8-14(9-7-13)15(18)16(12-17)10-4-3-5-11-16/h6-9,15,18H,2-5,10-11H2,1H3. The maximum absolute atomic E-state index is 10.5. The van der Waals surface area contributed by atoms with Gasteiger partial charge < -0.3 is 5.11 Å². The first-order valence-electron chi connectivity index (χ1n) is 6.90. The van der Waals surface area contributed by atoms with Gasteiger partial charge in [-0.15, -0.1) is 0 Å². The number of nitrogens with zero attached hydrogens (tertiary/aromatic N) is 1. The van der Waals surface area contributed by atoms with Crippen molar-refractivity contribution in [3.63, 3.8) is 0 Å². The molecule has 18 heavy (non-hydrogen) atoms. The highest BCUT2D eigenvalue weighted by Gasteiger charge is 2.40. The van der Waals surface area contributed by atoms with Gasteiger partial charge in [0.1, 0.15) is 0 Å². The molecule has 0 heterocycles. The summed E-state index contributed by atoms with van der Waals surface area (Å²) in [5, 5.41) is 20.0. The van der Waals surface area contributed by atoms with Gasteiger partial charge in [-0.05, 0) is 30.4 Å². The van der Waals surface area contributed by atoms with Crippen molar-refractivity contribution in [2.24, 2.45) is 5.41 Å². The largest absolute Gasteiger partial charge is 0.387 e. The summed E-state index contributed by atoms with van der Waals surface area (Å²) in [6.07, 6.45) is 5.29. The molecule has 1 saturated carbocycles. The van der Waals surface area contributed by atoms with Crippen molar-refractivity contribution in [2.45, 2.75) is 51.6 Å². The molecule has 0 spiro atoms. The fourth-order valence-electron chi connectivity index (χ4n) is 2.88. The molecule has 96 valence electrons. The summed E-state index contributed by atoms with van der Waals surface area (Å²) >= 11 is 0. The van der Waals surface area contributed by atoms with Crippen LogP contribution in [0, 0.1) is 16.7 Å². The quantitative estimate of drug-likeness (QED) is 0.878. The molecule has 0 aliphatic heterocycles. The van der Waals surface area contributed by atoms with Crippen LogP contribution in [-0.4, -0.2) is 5.11 Å². The van der Waals surface area contributed by atoms with E-state index in [1.807, 2.05) is 24.3 Å². The van der Waals surface area contributed by atoms with Crippen molar-refractivity contribution < 1.29 is 5.11 Å². The van der Waals surface area contributed by atoms with E-state index >= 15 is 0 Å². The van der Waals surface area contributed by atoms with E-state index in [4.69, 9.17) is 0 Å². The zero-order valence-electron chi connectivity index (χ0n) is 11.0. The monoisotopic (exact) mass is 243 g/mol. The molecule has 1 aromatic carbocycles. The van der Waals surface area contributed by atoms with Gasteiger partial charge in [-0.1, -0.05) is 50.5 Å². The van der Waals surface area contributed by atoms with Crippen molar-refractivity contribution in [1.82, 2.24) is 0 Å². The SMILES string of the molecule is CCc1ccc(C(O)C2(C#N)CCCCC2)cc1. The Labute approximate surface area is 109 Å². The number of benzene rings is 1. The molecule has 1 aliphatic carbocycles. The van der Waals surface area contributed by atoms with Crippen molar-refractivity contribution in [3.05, 3.63) is 35.4 Å². The van der Waals surface area contributed by atoms with Crippen molar-refractivity contribution >= 4 is 0 Å². The summed E-state index contributed by atoms with van der Waals surface area (Å²) in [4.78, 5) is 0. The molecule has 1 aliphatic rings. The summed E-state index contributed by atoms with van der Waals surface area (Å²) in [7, 11) is 0. The second-order valence-corrected chi connectivity index (χ2v) is 5.33. The topological polar surface area (TPSA) is 44.0 Å². The van der Waals surface area contributed by atoms with E-state index in [9.17, 15) is 10.4 Å². The Bertz CT molecular complexity index is 423. The van der Waals surface area contributed by atoms with Crippen LogP contribution >= 0.6 is 0 Å². The van der Waals surface area contributed by atoms with Crippen LogP contribution in [0.15, 0.2) is 24.3 Å². The minimum absolute atomic E-state index is 0.564. The highest BCUT2D eigenvalue weighted by Crippen LogP contribution is 2.45. The Hall–Kier alpha value is -1.33. The van der Waals surface area contributed by atoms with Crippen LogP contribution < -0.4 is 0 Å². The van der Waals surface area contributed by atoms with Gasteiger partial charge >= 0.3 is 0 Å². The molecule has 1 unspecified atom stereocenters. The third-order valence-corrected chi connectivity index (χ3v) is 4.20. The number of hydrogen-bond donors (Lipinski definition) is 1. The fraction of sp³-hybridized carbons (Fsp3) is 0.562. The van der Waals surface area contributed by atoms with E-state index in [1.165, 1.54) is 12.0 Å². The van der Waals surface area contributed by atoms with Crippen LogP contribution in [0.5, 0.6) is 0 Å². The predicted molar refractivity (Wildman–Crippen MR) is 71.9 cm³/mol. The van der Waals surface area contributed by atoms with Crippen LogP contribution in [0.4, 0.5) is 0 Å². The van der Waals surface area contributed by atoms with Gasteiger partial charge in [0.15, 0.2) is 0 Å². The summed E-state index contributed by atoms with van der Waals surface area (Å²) in [6.45, 7) is 2.11. The Balaban J connectivity index is 2.22. The molecule has 0 saturated heterocycles. The second-order valence-electron chi connectivity index (χ2n) is 5.33. The zero-order valence-corrected chi connectivity index (χ0v) is 11.0.